The molecule has 0 spiro atoms. The van der Waals surface area contributed by atoms with Crippen molar-refractivity contribution >= 4 is 11.7 Å². The van der Waals surface area contributed by atoms with Gasteiger partial charge in [0.25, 0.3) is 0 Å². The predicted molar refractivity (Wildman–Crippen MR) is 51.6 cm³/mol. The SMILES string of the molecule is COc1c(C(=O)O)cc(C(F)(F)F)cc1[N+](=O)[O-]. The van der Waals surface area contributed by atoms with Gasteiger partial charge in [0.15, 0.2) is 0 Å². The Labute approximate surface area is 97.7 Å². The van der Waals surface area contributed by atoms with E-state index in [9.17, 15) is 28.1 Å². The summed E-state index contributed by atoms with van der Waals surface area (Å²) in [5.74, 6) is -2.47. The first-order valence-electron chi connectivity index (χ1n) is 4.35. The molecule has 0 aromatic heterocycles. The molecule has 18 heavy (non-hydrogen) atoms. The summed E-state index contributed by atoms with van der Waals surface area (Å²) in [6.07, 6.45) is -4.89. The first kappa shape index (κ1) is 13.7. The van der Waals surface area contributed by atoms with Gasteiger partial charge in [-0.05, 0) is 6.07 Å². The second-order valence-electron chi connectivity index (χ2n) is 3.14. The molecule has 9 heteroatoms. The van der Waals surface area contributed by atoms with Crippen molar-refractivity contribution in [2.75, 3.05) is 7.11 Å². The molecule has 0 saturated carbocycles. The summed E-state index contributed by atoms with van der Waals surface area (Å²) in [4.78, 5) is 20.2. The van der Waals surface area contributed by atoms with Crippen LogP contribution in [0.3, 0.4) is 0 Å². The third-order valence-corrected chi connectivity index (χ3v) is 2.03. The highest BCUT2D eigenvalue weighted by atomic mass is 19.4. The number of hydrogen-bond acceptors (Lipinski definition) is 4. The van der Waals surface area contributed by atoms with Crippen molar-refractivity contribution in [2.24, 2.45) is 0 Å². The highest BCUT2D eigenvalue weighted by molar-refractivity contribution is 5.93. The van der Waals surface area contributed by atoms with Crippen molar-refractivity contribution in [1.82, 2.24) is 0 Å². The van der Waals surface area contributed by atoms with Gasteiger partial charge < -0.3 is 9.84 Å². The lowest BCUT2D eigenvalue weighted by Crippen LogP contribution is -2.10. The lowest BCUT2D eigenvalue weighted by molar-refractivity contribution is -0.386. The van der Waals surface area contributed by atoms with Gasteiger partial charge in [0.2, 0.25) is 5.75 Å². The zero-order chi connectivity index (χ0) is 14.1. The van der Waals surface area contributed by atoms with Crippen LogP contribution in [0.1, 0.15) is 15.9 Å². The van der Waals surface area contributed by atoms with Crippen LogP contribution in [0.2, 0.25) is 0 Å². The van der Waals surface area contributed by atoms with Crippen LogP contribution >= 0.6 is 0 Å². The minimum absolute atomic E-state index is 0.227. The fourth-order valence-electron chi connectivity index (χ4n) is 1.29. The number of carboxylic acids is 1. The van der Waals surface area contributed by atoms with Crippen LogP contribution in [-0.2, 0) is 6.18 Å². The number of alkyl halides is 3. The van der Waals surface area contributed by atoms with Gasteiger partial charge in [-0.2, -0.15) is 13.2 Å². The molecule has 0 radical (unpaired) electrons. The van der Waals surface area contributed by atoms with Crippen LogP contribution in [0.15, 0.2) is 12.1 Å². The average Bonchev–Trinajstić information content (AvgIpc) is 2.25. The maximum atomic E-state index is 12.5. The van der Waals surface area contributed by atoms with Gasteiger partial charge in [0.05, 0.1) is 17.6 Å². The smallest absolute Gasteiger partial charge is 0.416 e. The van der Waals surface area contributed by atoms with E-state index in [1.54, 1.807) is 0 Å². The summed E-state index contributed by atoms with van der Waals surface area (Å²) in [5.41, 5.74) is -3.39. The molecule has 0 aliphatic rings. The first-order valence-corrected chi connectivity index (χ1v) is 4.35. The number of ether oxygens (including phenoxy) is 1. The molecule has 1 rings (SSSR count). The topological polar surface area (TPSA) is 89.7 Å². The molecule has 0 heterocycles. The number of nitro benzene ring substituents is 1. The Morgan fingerprint density at radius 3 is 2.33 bits per heavy atom. The number of carboxylic acid groups (broad SMARTS) is 1. The van der Waals surface area contributed by atoms with Crippen molar-refractivity contribution in [2.45, 2.75) is 6.18 Å². The minimum atomic E-state index is -4.89. The van der Waals surface area contributed by atoms with Crippen LogP contribution in [0.4, 0.5) is 18.9 Å². The fourth-order valence-corrected chi connectivity index (χ4v) is 1.29. The van der Waals surface area contributed by atoms with E-state index < -0.39 is 39.6 Å². The normalized spacial score (nSPS) is 11.1. The average molecular weight is 265 g/mol. The molecule has 1 N–H and O–H groups in total. The van der Waals surface area contributed by atoms with E-state index in [-0.39, 0.29) is 12.1 Å². The van der Waals surface area contributed by atoms with Crippen molar-refractivity contribution in [3.8, 4) is 5.75 Å². The van der Waals surface area contributed by atoms with Crippen LogP contribution in [-0.4, -0.2) is 23.1 Å². The number of aromatic carboxylic acids is 1. The third-order valence-electron chi connectivity index (χ3n) is 2.03. The second-order valence-corrected chi connectivity index (χ2v) is 3.14. The molecule has 0 bridgehead atoms. The van der Waals surface area contributed by atoms with E-state index in [0.717, 1.165) is 7.11 Å². The van der Waals surface area contributed by atoms with Gasteiger partial charge in [-0.1, -0.05) is 0 Å². The number of nitro groups is 1. The molecular formula is C9H6F3NO5. The molecule has 0 saturated heterocycles. The molecular weight excluding hydrogens is 259 g/mol. The molecule has 0 amide bonds. The van der Waals surface area contributed by atoms with Crippen LogP contribution in [0, 0.1) is 10.1 Å². The molecule has 1 aromatic rings. The molecule has 1 aromatic carbocycles. The van der Waals surface area contributed by atoms with E-state index in [4.69, 9.17) is 5.11 Å². The Morgan fingerprint density at radius 1 is 1.44 bits per heavy atom. The maximum Gasteiger partial charge on any atom is 0.416 e. The van der Waals surface area contributed by atoms with Gasteiger partial charge in [-0.3, -0.25) is 10.1 Å². The van der Waals surface area contributed by atoms with Crippen LogP contribution in [0.25, 0.3) is 0 Å². The lowest BCUT2D eigenvalue weighted by Gasteiger charge is -2.10. The third kappa shape index (κ3) is 2.50. The van der Waals surface area contributed by atoms with Crippen molar-refractivity contribution < 1.29 is 32.7 Å². The predicted octanol–water partition coefficient (Wildman–Crippen LogP) is 2.32. The van der Waals surface area contributed by atoms with Crippen molar-refractivity contribution in [1.29, 1.82) is 0 Å². The summed E-state index contributed by atoms with van der Waals surface area (Å²) in [6.45, 7) is 0. The standard InChI is InChI=1S/C9H6F3NO5/c1-18-7-5(8(14)15)2-4(9(10,11)12)3-6(7)13(16)17/h2-3H,1H3,(H,14,15). The zero-order valence-corrected chi connectivity index (χ0v) is 8.82. The van der Waals surface area contributed by atoms with Crippen LogP contribution in [0.5, 0.6) is 5.75 Å². The summed E-state index contributed by atoms with van der Waals surface area (Å²) in [7, 11) is 0.933. The first-order chi connectivity index (χ1) is 8.18. The summed E-state index contributed by atoms with van der Waals surface area (Å²) in [6, 6.07) is 0.513. The Balaban J connectivity index is 3.65. The number of hydrogen-bond donors (Lipinski definition) is 1. The van der Waals surface area contributed by atoms with E-state index in [0.29, 0.717) is 0 Å². The second kappa shape index (κ2) is 4.51. The highest BCUT2D eigenvalue weighted by Gasteiger charge is 2.36. The highest BCUT2D eigenvalue weighted by Crippen LogP contribution is 2.38. The quantitative estimate of drug-likeness (QED) is 0.669. The Hall–Kier alpha value is -2.32. The fraction of sp³-hybridized carbons (Fsp3) is 0.222. The number of halogens is 3. The monoisotopic (exact) mass is 265 g/mol. The van der Waals surface area contributed by atoms with Gasteiger partial charge in [-0.15, -0.1) is 0 Å². The van der Waals surface area contributed by atoms with E-state index in [1.807, 2.05) is 0 Å². The molecule has 0 aliphatic carbocycles. The minimum Gasteiger partial charge on any atom is -0.490 e. The molecule has 0 atom stereocenters. The maximum absolute atomic E-state index is 12.5. The van der Waals surface area contributed by atoms with Gasteiger partial charge in [0.1, 0.15) is 5.56 Å². The number of methoxy groups -OCH3 is 1. The molecule has 0 aliphatic heterocycles. The zero-order valence-electron chi connectivity index (χ0n) is 8.82. The number of nitrogens with zero attached hydrogens (tertiary/aromatic N) is 1. The van der Waals surface area contributed by atoms with Gasteiger partial charge in [-0.25, -0.2) is 4.79 Å². The van der Waals surface area contributed by atoms with E-state index in [2.05, 4.69) is 4.74 Å². The Kier molecular flexibility index (Phi) is 3.44. The number of carbonyl (C=O) groups is 1. The number of rotatable bonds is 3. The number of benzene rings is 1. The summed E-state index contributed by atoms with van der Waals surface area (Å²) < 4.78 is 41.8. The summed E-state index contributed by atoms with van der Waals surface area (Å²) in [5, 5.41) is 19.3. The lowest BCUT2D eigenvalue weighted by atomic mass is 10.1. The summed E-state index contributed by atoms with van der Waals surface area (Å²) >= 11 is 0. The van der Waals surface area contributed by atoms with Crippen molar-refractivity contribution in [3.05, 3.63) is 33.4 Å². The Bertz CT molecular complexity index is 476. The van der Waals surface area contributed by atoms with Crippen molar-refractivity contribution in [3.63, 3.8) is 0 Å². The van der Waals surface area contributed by atoms with E-state index >= 15 is 0 Å². The van der Waals surface area contributed by atoms with E-state index in [1.165, 1.54) is 0 Å². The molecule has 0 unspecified atom stereocenters. The van der Waals surface area contributed by atoms with Gasteiger partial charge >= 0.3 is 17.8 Å². The molecule has 6 nitrogen and oxygen atoms in total. The Morgan fingerprint density at radius 2 is 2.00 bits per heavy atom. The van der Waals surface area contributed by atoms with Gasteiger partial charge in [0, 0.05) is 6.07 Å². The van der Waals surface area contributed by atoms with Crippen LogP contribution < -0.4 is 4.74 Å². The molecule has 98 valence electrons. The molecule has 0 fully saturated rings. The largest absolute Gasteiger partial charge is 0.490 e.